The molecule has 1 aliphatic heterocycles. The summed E-state index contributed by atoms with van der Waals surface area (Å²) >= 11 is 3.33. The second kappa shape index (κ2) is 7.81. The predicted octanol–water partition coefficient (Wildman–Crippen LogP) is 4.28. The van der Waals surface area contributed by atoms with Gasteiger partial charge in [-0.2, -0.15) is 4.80 Å². The highest BCUT2D eigenvalue weighted by molar-refractivity contribution is 7.99. The molecule has 2 aromatic carbocycles. The van der Waals surface area contributed by atoms with Crippen molar-refractivity contribution in [3.05, 3.63) is 77.7 Å². The fraction of sp³-hybridized carbons (Fsp3) is 0.143. The van der Waals surface area contributed by atoms with Crippen LogP contribution < -0.4 is 4.90 Å². The Labute approximate surface area is 176 Å². The molecule has 4 aromatic rings. The lowest BCUT2D eigenvalue weighted by Crippen LogP contribution is -2.40. The van der Waals surface area contributed by atoms with Crippen LogP contribution in [0.3, 0.4) is 0 Å². The minimum atomic E-state index is -0.0540. The molecule has 0 saturated heterocycles. The standard InChI is InChI=1S/C21H17N5OS2/c27-20(13-25-23-21(22-24-25)19-11-6-12-28-19)26-16-9-4-5-10-18(16)29-14-17(26)15-7-2-1-3-8-15/h1-12,17H,13-14H2/t17-/m0/s1. The smallest absolute Gasteiger partial charge is 0.251 e. The molecule has 1 atom stereocenters. The Morgan fingerprint density at radius 2 is 1.86 bits per heavy atom. The number of benzene rings is 2. The van der Waals surface area contributed by atoms with E-state index in [-0.39, 0.29) is 18.5 Å². The van der Waals surface area contributed by atoms with E-state index in [4.69, 9.17) is 0 Å². The molecule has 0 spiro atoms. The summed E-state index contributed by atoms with van der Waals surface area (Å²) in [7, 11) is 0. The number of para-hydroxylation sites is 1. The minimum Gasteiger partial charge on any atom is -0.301 e. The highest BCUT2D eigenvalue weighted by Crippen LogP contribution is 2.43. The van der Waals surface area contributed by atoms with Gasteiger partial charge >= 0.3 is 0 Å². The number of carbonyl (C=O) groups excluding carboxylic acids is 1. The van der Waals surface area contributed by atoms with Crippen molar-refractivity contribution >= 4 is 34.7 Å². The number of rotatable bonds is 4. The molecule has 0 fully saturated rings. The zero-order valence-electron chi connectivity index (χ0n) is 15.4. The minimum absolute atomic E-state index is 0.0381. The summed E-state index contributed by atoms with van der Waals surface area (Å²) in [5.74, 6) is 1.29. The van der Waals surface area contributed by atoms with Crippen molar-refractivity contribution < 1.29 is 4.79 Å². The van der Waals surface area contributed by atoms with E-state index in [2.05, 4.69) is 33.6 Å². The molecular weight excluding hydrogens is 402 g/mol. The number of anilines is 1. The summed E-state index contributed by atoms with van der Waals surface area (Å²) in [6.45, 7) is 0.0424. The van der Waals surface area contributed by atoms with Crippen LogP contribution in [0.25, 0.3) is 10.7 Å². The predicted molar refractivity (Wildman–Crippen MR) is 115 cm³/mol. The summed E-state index contributed by atoms with van der Waals surface area (Å²) in [6.07, 6.45) is 0. The van der Waals surface area contributed by atoms with Crippen LogP contribution in [0.4, 0.5) is 5.69 Å². The van der Waals surface area contributed by atoms with Crippen molar-refractivity contribution in [2.75, 3.05) is 10.7 Å². The van der Waals surface area contributed by atoms with Gasteiger partial charge < -0.3 is 4.90 Å². The molecule has 0 saturated carbocycles. The van der Waals surface area contributed by atoms with Crippen molar-refractivity contribution in [3.8, 4) is 10.7 Å². The summed E-state index contributed by atoms with van der Waals surface area (Å²) in [5.41, 5.74) is 2.05. The molecule has 0 aliphatic carbocycles. The van der Waals surface area contributed by atoms with Gasteiger partial charge in [0.2, 0.25) is 5.82 Å². The number of fused-ring (bicyclic) bond motifs is 1. The van der Waals surface area contributed by atoms with Gasteiger partial charge in [0.1, 0.15) is 6.54 Å². The number of tetrazole rings is 1. The molecule has 2 aromatic heterocycles. The normalized spacial score (nSPS) is 15.9. The van der Waals surface area contributed by atoms with Gasteiger partial charge in [-0.05, 0) is 34.4 Å². The van der Waals surface area contributed by atoms with Gasteiger partial charge in [0.05, 0.1) is 16.6 Å². The number of amides is 1. The van der Waals surface area contributed by atoms with Gasteiger partial charge in [0.15, 0.2) is 0 Å². The van der Waals surface area contributed by atoms with Gasteiger partial charge in [-0.3, -0.25) is 4.79 Å². The molecule has 144 valence electrons. The van der Waals surface area contributed by atoms with E-state index in [1.165, 1.54) is 4.80 Å². The van der Waals surface area contributed by atoms with Crippen molar-refractivity contribution in [1.29, 1.82) is 0 Å². The zero-order valence-corrected chi connectivity index (χ0v) is 17.0. The van der Waals surface area contributed by atoms with Crippen molar-refractivity contribution in [2.45, 2.75) is 17.5 Å². The van der Waals surface area contributed by atoms with Gasteiger partial charge in [0, 0.05) is 10.6 Å². The van der Waals surface area contributed by atoms with Crippen LogP contribution in [0.5, 0.6) is 0 Å². The van der Waals surface area contributed by atoms with Crippen LogP contribution in [-0.4, -0.2) is 31.9 Å². The van der Waals surface area contributed by atoms with E-state index < -0.39 is 0 Å². The fourth-order valence-electron chi connectivity index (χ4n) is 3.43. The third-order valence-corrected chi connectivity index (χ3v) is 6.76. The fourth-order valence-corrected chi connectivity index (χ4v) is 5.25. The number of thioether (sulfide) groups is 1. The highest BCUT2D eigenvalue weighted by atomic mass is 32.2. The van der Waals surface area contributed by atoms with Crippen molar-refractivity contribution in [1.82, 2.24) is 20.2 Å². The molecule has 5 rings (SSSR count). The first kappa shape index (κ1) is 18.1. The highest BCUT2D eigenvalue weighted by Gasteiger charge is 2.32. The number of hydrogen-bond acceptors (Lipinski definition) is 6. The monoisotopic (exact) mass is 419 g/mol. The van der Waals surface area contributed by atoms with Gasteiger partial charge in [0.25, 0.3) is 5.91 Å². The summed E-state index contributed by atoms with van der Waals surface area (Å²) in [4.78, 5) is 18.7. The van der Waals surface area contributed by atoms with Crippen LogP contribution in [0.15, 0.2) is 77.0 Å². The molecule has 1 aliphatic rings. The van der Waals surface area contributed by atoms with Crippen LogP contribution >= 0.6 is 23.1 Å². The SMILES string of the molecule is O=C(Cn1nnc(-c2cccs2)n1)N1c2ccccc2SC[C@H]1c1ccccc1. The molecule has 0 radical (unpaired) electrons. The van der Waals surface area contributed by atoms with E-state index in [1.807, 2.05) is 58.8 Å². The van der Waals surface area contributed by atoms with E-state index in [1.54, 1.807) is 23.1 Å². The molecule has 0 N–H and O–H groups in total. The summed E-state index contributed by atoms with van der Waals surface area (Å²) in [5, 5.41) is 14.5. The molecular formula is C21H17N5OS2. The third kappa shape index (κ3) is 3.56. The molecule has 29 heavy (non-hydrogen) atoms. The zero-order chi connectivity index (χ0) is 19.6. The number of carbonyl (C=O) groups is 1. The van der Waals surface area contributed by atoms with Gasteiger partial charge in [-0.1, -0.05) is 48.5 Å². The van der Waals surface area contributed by atoms with E-state index in [0.717, 1.165) is 26.8 Å². The largest absolute Gasteiger partial charge is 0.301 e. The molecule has 6 nitrogen and oxygen atoms in total. The topological polar surface area (TPSA) is 63.9 Å². The second-order valence-corrected chi connectivity index (χ2v) is 8.60. The Balaban J connectivity index is 1.46. The van der Waals surface area contributed by atoms with Crippen molar-refractivity contribution in [3.63, 3.8) is 0 Å². The summed E-state index contributed by atoms with van der Waals surface area (Å²) in [6, 6.07) is 22.0. The van der Waals surface area contributed by atoms with E-state index in [9.17, 15) is 4.79 Å². The van der Waals surface area contributed by atoms with Crippen molar-refractivity contribution in [2.24, 2.45) is 0 Å². The Morgan fingerprint density at radius 3 is 2.69 bits per heavy atom. The van der Waals surface area contributed by atoms with E-state index >= 15 is 0 Å². The Morgan fingerprint density at radius 1 is 1.03 bits per heavy atom. The first-order valence-corrected chi connectivity index (χ1v) is 11.1. The number of hydrogen-bond donors (Lipinski definition) is 0. The molecule has 8 heteroatoms. The van der Waals surface area contributed by atoms with E-state index in [0.29, 0.717) is 5.82 Å². The maximum absolute atomic E-state index is 13.4. The van der Waals surface area contributed by atoms with Gasteiger partial charge in [-0.25, -0.2) is 0 Å². The Kier molecular flexibility index (Phi) is 4.87. The first-order valence-electron chi connectivity index (χ1n) is 9.20. The third-order valence-electron chi connectivity index (χ3n) is 4.76. The lowest BCUT2D eigenvalue weighted by Gasteiger charge is -2.37. The maximum Gasteiger partial charge on any atom is 0.251 e. The molecule has 0 unspecified atom stereocenters. The number of nitrogens with zero attached hydrogens (tertiary/aromatic N) is 5. The number of aromatic nitrogens is 4. The van der Waals surface area contributed by atoms with Crippen LogP contribution in [0.2, 0.25) is 0 Å². The average molecular weight is 420 g/mol. The molecule has 1 amide bonds. The van der Waals surface area contributed by atoms with Crippen LogP contribution in [-0.2, 0) is 11.3 Å². The Hall–Kier alpha value is -2.97. The number of thiophene rings is 1. The second-order valence-electron chi connectivity index (χ2n) is 6.59. The molecule has 3 heterocycles. The summed E-state index contributed by atoms with van der Waals surface area (Å²) < 4.78 is 0. The quantitative estimate of drug-likeness (QED) is 0.494. The molecule has 0 bridgehead atoms. The van der Waals surface area contributed by atoms with Crippen LogP contribution in [0, 0.1) is 0 Å². The van der Waals surface area contributed by atoms with Crippen LogP contribution in [0.1, 0.15) is 11.6 Å². The van der Waals surface area contributed by atoms with Gasteiger partial charge in [-0.15, -0.1) is 33.3 Å². The lowest BCUT2D eigenvalue weighted by molar-refractivity contribution is -0.120. The Bertz CT molecular complexity index is 1130. The lowest BCUT2D eigenvalue weighted by atomic mass is 10.1. The first-order chi connectivity index (χ1) is 14.3. The maximum atomic E-state index is 13.4. The average Bonchev–Trinajstić information content (AvgIpc) is 3.45.